The number of rotatable bonds is 1. The highest BCUT2D eigenvalue weighted by molar-refractivity contribution is 6.30. The molecule has 0 aromatic carbocycles. The fourth-order valence-electron chi connectivity index (χ4n) is 1.60. The molecule has 0 radical (unpaired) electrons. The molecule has 1 aliphatic rings. The van der Waals surface area contributed by atoms with E-state index in [9.17, 15) is 0 Å². The highest BCUT2D eigenvalue weighted by Crippen LogP contribution is 2.17. The molecule has 0 aliphatic carbocycles. The normalized spacial score (nSPS) is 32.3. The number of alkyl halides is 2. The minimum Gasteiger partial charge on any atom is -0.313 e. The average molecular weight is 246 g/mol. The van der Waals surface area contributed by atoms with Crippen molar-refractivity contribution in [1.82, 2.24) is 15.6 Å². The molecular formula is C10H13Cl2N3. The van der Waals surface area contributed by atoms with Gasteiger partial charge in [0, 0.05) is 19.3 Å². The Morgan fingerprint density at radius 3 is 2.87 bits per heavy atom. The molecule has 0 spiro atoms. The van der Waals surface area contributed by atoms with Gasteiger partial charge >= 0.3 is 0 Å². The van der Waals surface area contributed by atoms with Gasteiger partial charge in [-0.1, -0.05) is 6.07 Å². The van der Waals surface area contributed by atoms with E-state index in [2.05, 4.69) is 15.6 Å². The molecule has 1 fully saturated rings. The van der Waals surface area contributed by atoms with Crippen LogP contribution in [-0.2, 0) is 0 Å². The first kappa shape index (κ1) is 11.1. The SMILES string of the molecule is ClC1CNCC(c2ccccn2)NC1Cl. The number of nitrogens with zero attached hydrogens (tertiary/aromatic N) is 1. The van der Waals surface area contributed by atoms with E-state index in [1.807, 2.05) is 18.2 Å². The number of aromatic nitrogens is 1. The molecule has 3 atom stereocenters. The zero-order valence-electron chi connectivity index (χ0n) is 8.16. The molecule has 1 aromatic rings. The van der Waals surface area contributed by atoms with E-state index in [-0.39, 0.29) is 16.9 Å². The van der Waals surface area contributed by atoms with Gasteiger partial charge in [0.25, 0.3) is 0 Å². The van der Waals surface area contributed by atoms with Gasteiger partial charge in [-0.25, -0.2) is 0 Å². The van der Waals surface area contributed by atoms with Crippen LogP contribution in [0, 0.1) is 0 Å². The van der Waals surface area contributed by atoms with Crippen molar-refractivity contribution in [3.05, 3.63) is 30.1 Å². The lowest BCUT2D eigenvalue weighted by Gasteiger charge is -2.18. The summed E-state index contributed by atoms with van der Waals surface area (Å²) >= 11 is 12.2. The van der Waals surface area contributed by atoms with Crippen LogP contribution in [0.3, 0.4) is 0 Å². The first-order valence-electron chi connectivity index (χ1n) is 4.93. The third kappa shape index (κ3) is 2.82. The number of halogens is 2. The molecule has 3 nitrogen and oxygen atoms in total. The van der Waals surface area contributed by atoms with Crippen LogP contribution in [-0.4, -0.2) is 29.0 Å². The second-order valence-corrected chi connectivity index (χ2v) is 4.58. The number of nitrogens with one attached hydrogen (secondary N) is 2. The Bertz CT molecular complexity index is 307. The zero-order chi connectivity index (χ0) is 10.7. The summed E-state index contributed by atoms with van der Waals surface area (Å²) in [5, 5.41) is 6.41. The Kier molecular flexibility index (Phi) is 3.81. The van der Waals surface area contributed by atoms with Crippen molar-refractivity contribution >= 4 is 23.2 Å². The number of hydrogen-bond donors (Lipinski definition) is 2. The monoisotopic (exact) mass is 245 g/mol. The van der Waals surface area contributed by atoms with Crippen LogP contribution in [0.25, 0.3) is 0 Å². The maximum atomic E-state index is 6.11. The minimum absolute atomic E-state index is 0.0969. The van der Waals surface area contributed by atoms with Crippen LogP contribution in [0.4, 0.5) is 0 Å². The van der Waals surface area contributed by atoms with E-state index in [4.69, 9.17) is 23.2 Å². The first-order valence-corrected chi connectivity index (χ1v) is 5.80. The van der Waals surface area contributed by atoms with Crippen LogP contribution in [0.2, 0.25) is 0 Å². The van der Waals surface area contributed by atoms with Gasteiger partial charge in [0.05, 0.1) is 17.1 Å². The van der Waals surface area contributed by atoms with Gasteiger partial charge in [-0.2, -0.15) is 0 Å². The lowest BCUT2D eigenvalue weighted by atomic mass is 10.2. The number of pyridine rings is 1. The van der Waals surface area contributed by atoms with Crippen LogP contribution in [0.15, 0.2) is 24.4 Å². The van der Waals surface area contributed by atoms with Gasteiger partial charge in [0.15, 0.2) is 0 Å². The molecule has 0 bridgehead atoms. The maximum Gasteiger partial charge on any atom is 0.101 e. The zero-order valence-corrected chi connectivity index (χ0v) is 9.67. The molecule has 1 aromatic heterocycles. The Morgan fingerprint density at radius 2 is 2.13 bits per heavy atom. The summed E-state index contributed by atoms with van der Waals surface area (Å²) in [4.78, 5) is 4.30. The van der Waals surface area contributed by atoms with Crippen LogP contribution in [0.1, 0.15) is 11.7 Å². The molecule has 82 valence electrons. The summed E-state index contributed by atoms with van der Waals surface area (Å²) in [5.41, 5.74) is 0.759. The Balaban J connectivity index is 2.10. The summed E-state index contributed by atoms with van der Waals surface area (Å²) in [6.07, 6.45) is 1.78. The van der Waals surface area contributed by atoms with Crippen LogP contribution >= 0.6 is 23.2 Å². The van der Waals surface area contributed by atoms with Gasteiger partial charge in [-0.05, 0) is 12.1 Å². The minimum atomic E-state index is -0.228. The molecule has 1 saturated heterocycles. The molecule has 3 unspecified atom stereocenters. The Labute approximate surface area is 99.2 Å². The summed E-state index contributed by atoms with van der Waals surface area (Å²) in [5.74, 6) is 0. The lowest BCUT2D eigenvalue weighted by Crippen LogP contribution is -2.34. The van der Waals surface area contributed by atoms with Gasteiger partial charge in [-0.3, -0.25) is 10.3 Å². The fourth-order valence-corrected chi connectivity index (χ4v) is 2.02. The molecule has 0 saturated carbocycles. The molecule has 2 rings (SSSR count). The number of hydrogen-bond acceptors (Lipinski definition) is 3. The van der Waals surface area contributed by atoms with Crippen molar-refractivity contribution < 1.29 is 0 Å². The van der Waals surface area contributed by atoms with E-state index < -0.39 is 0 Å². The van der Waals surface area contributed by atoms with E-state index in [0.29, 0.717) is 6.54 Å². The van der Waals surface area contributed by atoms with Crippen molar-refractivity contribution in [1.29, 1.82) is 0 Å². The average Bonchev–Trinajstić information content (AvgIpc) is 2.43. The summed E-state index contributed by atoms with van der Waals surface area (Å²) in [6, 6.07) is 5.97. The standard InChI is InChI=1S/C10H13Cl2N3/c11-7-5-13-6-9(15-10(7)12)8-3-1-2-4-14-8/h1-4,7,9-10,13,15H,5-6H2. The smallest absolute Gasteiger partial charge is 0.101 e. The predicted octanol–water partition coefficient (Wildman–Crippen LogP) is 1.49. The van der Waals surface area contributed by atoms with Crippen molar-refractivity contribution in [2.45, 2.75) is 16.9 Å². The van der Waals surface area contributed by atoms with E-state index in [1.54, 1.807) is 6.20 Å². The van der Waals surface area contributed by atoms with Crippen molar-refractivity contribution in [2.75, 3.05) is 13.1 Å². The molecule has 15 heavy (non-hydrogen) atoms. The fraction of sp³-hybridized carbons (Fsp3) is 0.500. The van der Waals surface area contributed by atoms with Gasteiger partial charge in [0.1, 0.15) is 5.50 Å². The summed E-state index contributed by atoms with van der Waals surface area (Å²) in [6.45, 7) is 1.51. The van der Waals surface area contributed by atoms with E-state index in [1.165, 1.54) is 0 Å². The summed E-state index contributed by atoms with van der Waals surface area (Å²) < 4.78 is 0. The Hall–Kier alpha value is -0.350. The third-order valence-corrected chi connectivity index (χ3v) is 3.38. The molecule has 1 aliphatic heterocycles. The third-order valence-electron chi connectivity index (χ3n) is 2.41. The second-order valence-electron chi connectivity index (χ2n) is 3.55. The topological polar surface area (TPSA) is 37.0 Å². The van der Waals surface area contributed by atoms with Gasteiger partial charge < -0.3 is 5.32 Å². The summed E-state index contributed by atoms with van der Waals surface area (Å²) in [7, 11) is 0. The largest absolute Gasteiger partial charge is 0.313 e. The molecule has 5 heteroatoms. The first-order chi connectivity index (χ1) is 7.27. The van der Waals surface area contributed by atoms with Gasteiger partial charge in [-0.15, -0.1) is 23.2 Å². The molecular weight excluding hydrogens is 233 g/mol. The highest BCUT2D eigenvalue weighted by atomic mass is 35.5. The second kappa shape index (κ2) is 5.12. The maximum absolute atomic E-state index is 6.11. The quantitative estimate of drug-likeness (QED) is 0.582. The van der Waals surface area contributed by atoms with E-state index >= 15 is 0 Å². The molecule has 0 amide bonds. The van der Waals surface area contributed by atoms with Gasteiger partial charge in [0.2, 0.25) is 0 Å². The van der Waals surface area contributed by atoms with E-state index in [0.717, 1.165) is 12.2 Å². The Morgan fingerprint density at radius 1 is 1.27 bits per heavy atom. The van der Waals surface area contributed by atoms with Crippen molar-refractivity contribution in [2.24, 2.45) is 0 Å². The molecule has 2 heterocycles. The van der Waals surface area contributed by atoms with Crippen molar-refractivity contribution in [3.8, 4) is 0 Å². The predicted molar refractivity (Wildman–Crippen MR) is 62.3 cm³/mol. The molecule has 2 N–H and O–H groups in total. The van der Waals surface area contributed by atoms with Crippen LogP contribution < -0.4 is 10.6 Å². The van der Waals surface area contributed by atoms with Crippen LogP contribution in [0.5, 0.6) is 0 Å². The highest BCUT2D eigenvalue weighted by Gasteiger charge is 2.25. The van der Waals surface area contributed by atoms with Crippen molar-refractivity contribution in [3.63, 3.8) is 0 Å². The lowest BCUT2D eigenvalue weighted by molar-refractivity contribution is 0.521.